The Hall–Kier alpha value is -3.28. The van der Waals surface area contributed by atoms with Crippen molar-refractivity contribution in [1.82, 2.24) is 10.1 Å². The van der Waals surface area contributed by atoms with Crippen LogP contribution in [0.1, 0.15) is 27.4 Å². The Labute approximate surface area is 170 Å². The van der Waals surface area contributed by atoms with Gasteiger partial charge in [0, 0.05) is 37.4 Å². The molecule has 0 atom stereocenters. The van der Waals surface area contributed by atoms with Gasteiger partial charge in [-0.1, -0.05) is 29.4 Å². The Kier molecular flexibility index (Phi) is 5.51. The largest absolute Gasteiger partial charge is 0.489 e. The van der Waals surface area contributed by atoms with Crippen molar-refractivity contribution in [1.29, 1.82) is 0 Å². The van der Waals surface area contributed by atoms with Gasteiger partial charge < -0.3 is 19.1 Å². The molecule has 150 valence electrons. The quantitative estimate of drug-likeness (QED) is 0.662. The maximum absolute atomic E-state index is 13.0. The van der Waals surface area contributed by atoms with E-state index in [4.69, 9.17) is 9.26 Å². The summed E-state index contributed by atoms with van der Waals surface area (Å²) in [5.41, 5.74) is 3.62. The van der Waals surface area contributed by atoms with E-state index in [1.54, 1.807) is 0 Å². The molecule has 1 fully saturated rings. The number of ether oxygens (including phenoxy) is 1. The van der Waals surface area contributed by atoms with Crippen LogP contribution >= 0.6 is 0 Å². The number of carbonyl (C=O) groups excluding carboxylic acids is 1. The highest BCUT2D eigenvalue weighted by molar-refractivity contribution is 5.94. The number of para-hydroxylation sites is 1. The zero-order valence-electron chi connectivity index (χ0n) is 16.8. The van der Waals surface area contributed by atoms with Gasteiger partial charge in [-0.3, -0.25) is 4.79 Å². The second-order valence-corrected chi connectivity index (χ2v) is 7.23. The van der Waals surface area contributed by atoms with E-state index < -0.39 is 0 Å². The van der Waals surface area contributed by atoms with Crippen molar-refractivity contribution < 1.29 is 14.1 Å². The average Bonchev–Trinajstić information content (AvgIpc) is 3.10. The van der Waals surface area contributed by atoms with E-state index in [1.165, 1.54) is 5.69 Å². The minimum atomic E-state index is 0.0421. The third-order valence-electron chi connectivity index (χ3n) is 5.33. The van der Waals surface area contributed by atoms with E-state index in [-0.39, 0.29) is 5.91 Å². The normalized spacial score (nSPS) is 14.1. The van der Waals surface area contributed by atoms with Crippen LogP contribution in [0.4, 0.5) is 5.69 Å². The first-order valence-electron chi connectivity index (χ1n) is 9.85. The Morgan fingerprint density at radius 3 is 2.48 bits per heavy atom. The van der Waals surface area contributed by atoms with Crippen LogP contribution in [0.3, 0.4) is 0 Å². The second-order valence-electron chi connectivity index (χ2n) is 7.23. The summed E-state index contributed by atoms with van der Waals surface area (Å²) in [5, 5.41) is 3.94. The average molecular weight is 391 g/mol. The SMILES string of the molecule is Cc1noc(C)c1COc1cccc(C(=O)N2CCN(c3ccccc3)CC2)c1. The molecule has 3 aromatic rings. The van der Waals surface area contributed by atoms with Gasteiger partial charge in [0.1, 0.15) is 18.1 Å². The number of hydrogen-bond donors (Lipinski definition) is 0. The fourth-order valence-corrected chi connectivity index (χ4v) is 3.57. The Balaban J connectivity index is 1.37. The first-order chi connectivity index (χ1) is 14.1. The molecule has 0 aliphatic carbocycles. The van der Waals surface area contributed by atoms with Gasteiger partial charge in [0.15, 0.2) is 0 Å². The number of anilines is 1. The Morgan fingerprint density at radius 1 is 1.03 bits per heavy atom. The number of rotatable bonds is 5. The van der Waals surface area contributed by atoms with Crippen LogP contribution < -0.4 is 9.64 Å². The lowest BCUT2D eigenvalue weighted by molar-refractivity contribution is 0.0746. The molecular weight excluding hydrogens is 366 g/mol. The van der Waals surface area contributed by atoms with Crippen LogP contribution in [0.2, 0.25) is 0 Å². The summed E-state index contributed by atoms with van der Waals surface area (Å²) in [4.78, 5) is 17.2. The van der Waals surface area contributed by atoms with Crippen molar-refractivity contribution >= 4 is 11.6 Å². The van der Waals surface area contributed by atoms with Gasteiger partial charge in [-0.25, -0.2) is 0 Å². The summed E-state index contributed by atoms with van der Waals surface area (Å²) in [6.45, 7) is 7.21. The Morgan fingerprint density at radius 2 is 1.79 bits per heavy atom. The molecule has 0 bridgehead atoms. The van der Waals surface area contributed by atoms with Crippen LogP contribution in [-0.2, 0) is 6.61 Å². The maximum atomic E-state index is 13.0. The van der Waals surface area contributed by atoms with Crippen LogP contribution in [0, 0.1) is 13.8 Å². The number of piperazine rings is 1. The standard InChI is InChI=1S/C23H25N3O3/c1-17-22(18(2)29-24-17)16-28-21-10-6-7-19(15-21)23(27)26-13-11-25(12-14-26)20-8-4-3-5-9-20/h3-10,15H,11-14,16H2,1-2H3. The number of nitrogens with zero attached hydrogens (tertiary/aromatic N) is 3. The number of benzene rings is 2. The molecule has 1 aliphatic rings. The minimum Gasteiger partial charge on any atom is -0.489 e. The lowest BCUT2D eigenvalue weighted by atomic mass is 10.1. The summed E-state index contributed by atoms with van der Waals surface area (Å²) in [5.74, 6) is 1.46. The number of aryl methyl sites for hydroxylation is 2. The number of carbonyl (C=O) groups is 1. The summed E-state index contributed by atoms with van der Waals surface area (Å²) in [6, 6.07) is 17.7. The van der Waals surface area contributed by atoms with Gasteiger partial charge in [0.05, 0.1) is 11.3 Å². The molecule has 1 aromatic heterocycles. The molecule has 0 spiro atoms. The van der Waals surface area contributed by atoms with Crippen molar-refractivity contribution in [2.45, 2.75) is 20.5 Å². The van der Waals surface area contributed by atoms with Gasteiger partial charge in [-0.05, 0) is 44.2 Å². The molecule has 1 aliphatic heterocycles. The predicted octanol–water partition coefficient (Wildman–Crippen LogP) is 3.83. The lowest BCUT2D eigenvalue weighted by Crippen LogP contribution is -2.48. The summed E-state index contributed by atoms with van der Waals surface area (Å²) in [7, 11) is 0. The molecule has 0 unspecified atom stereocenters. The molecule has 2 aromatic carbocycles. The molecule has 2 heterocycles. The fourth-order valence-electron chi connectivity index (χ4n) is 3.57. The summed E-state index contributed by atoms with van der Waals surface area (Å²) >= 11 is 0. The van der Waals surface area contributed by atoms with E-state index in [0.29, 0.717) is 31.0 Å². The highest BCUT2D eigenvalue weighted by Crippen LogP contribution is 2.21. The van der Waals surface area contributed by atoms with E-state index in [0.717, 1.165) is 30.1 Å². The Bertz CT molecular complexity index is 957. The second kappa shape index (κ2) is 8.39. The zero-order valence-corrected chi connectivity index (χ0v) is 16.8. The van der Waals surface area contributed by atoms with E-state index in [2.05, 4.69) is 22.2 Å². The van der Waals surface area contributed by atoms with Crippen LogP contribution in [-0.4, -0.2) is 42.1 Å². The van der Waals surface area contributed by atoms with Gasteiger partial charge in [-0.15, -0.1) is 0 Å². The topological polar surface area (TPSA) is 58.8 Å². The third-order valence-corrected chi connectivity index (χ3v) is 5.33. The van der Waals surface area contributed by atoms with Gasteiger partial charge in [0.2, 0.25) is 0 Å². The fraction of sp³-hybridized carbons (Fsp3) is 0.304. The summed E-state index contributed by atoms with van der Waals surface area (Å²) in [6.07, 6.45) is 0. The van der Waals surface area contributed by atoms with Crippen molar-refractivity contribution in [3.05, 3.63) is 77.2 Å². The molecule has 1 amide bonds. The molecule has 6 nitrogen and oxygen atoms in total. The van der Waals surface area contributed by atoms with Crippen molar-refractivity contribution in [3.63, 3.8) is 0 Å². The molecule has 29 heavy (non-hydrogen) atoms. The highest BCUT2D eigenvalue weighted by atomic mass is 16.5. The van der Waals surface area contributed by atoms with E-state index in [9.17, 15) is 4.79 Å². The first-order valence-corrected chi connectivity index (χ1v) is 9.85. The molecule has 0 radical (unpaired) electrons. The van der Waals surface area contributed by atoms with Crippen LogP contribution in [0.25, 0.3) is 0 Å². The molecular formula is C23H25N3O3. The lowest BCUT2D eigenvalue weighted by Gasteiger charge is -2.36. The smallest absolute Gasteiger partial charge is 0.254 e. The molecule has 0 saturated carbocycles. The van der Waals surface area contributed by atoms with E-state index in [1.807, 2.05) is 61.2 Å². The molecule has 1 saturated heterocycles. The van der Waals surface area contributed by atoms with Crippen LogP contribution in [0.15, 0.2) is 59.1 Å². The maximum Gasteiger partial charge on any atom is 0.254 e. The monoisotopic (exact) mass is 391 g/mol. The van der Waals surface area contributed by atoms with Crippen molar-refractivity contribution in [2.75, 3.05) is 31.1 Å². The molecule has 4 rings (SSSR count). The van der Waals surface area contributed by atoms with Gasteiger partial charge in [0.25, 0.3) is 5.91 Å². The summed E-state index contributed by atoms with van der Waals surface area (Å²) < 4.78 is 11.1. The van der Waals surface area contributed by atoms with E-state index >= 15 is 0 Å². The van der Waals surface area contributed by atoms with Crippen molar-refractivity contribution in [2.24, 2.45) is 0 Å². The molecule has 6 heteroatoms. The van der Waals surface area contributed by atoms with Crippen LogP contribution in [0.5, 0.6) is 5.75 Å². The first kappa shape index (κ1) is 19.1. The van der Waals surface area contributed by atoms with Gasteiger partial charge in [-0.2, -0.15) is 0 Å². The number of hydrogen-bond acceptors (Lipinski definition) is 5. The minimum absolute atomic E-state index is 0.0421. The predicted molar refractivity (Wildman–Crippen MR) is 111 cm³/mol. The highest BCUT2D eigenvalue weighted by Gasteiger charge is 2.22. The molecule has 0 N–H and O–H groups in total. The number of aromatic nitrogens is 1. The number of amides is 1. The van der Waals surface area contributed by atoms with Crippen molar-refractivity contribution in [3.8, 4) is 5.75 Å². The zero-order chi connectivity index (χ0) is 20.2. The third kappa shape index (κ3) is 4.26. The van der Waals surface area contributed by atoms with Gasteiger partial charge >= 0.3 is 0 Å².